The Balaban J connectivity index is 1.91. The molecular weight excluding hydrogens is 168 g/mol. The van der Waals surface area contributed by atoms with Crippen molar-refractivity contribution in [3.8, 4) is 0 Å². The Morgan fingerprint density at radius 1 is 1.69 bits per heavy atom. The third-order valence-electron chi connectivity index (χ3n) is 2.14. The summed E-state index contributed by atoms with van der Waals surface area (Å²) >= 11 is 0. The van der Waals surface area contributed by atoms with Gasteiger partial charge in [0.2, 0.25) is 0 Å². The number of hydrogen-bond donors (Lipinski definition) is 3. The number of amides is 1. The molecule has 1 amide bonds. The summed E-state index contributed by atoms with van der Waals surface area (Å²) in [4.78, 5) is 18.0. The second kappa shape index (κ2) is 3.57. The minimum atomic E-state index is -0.0776. The minimum absolute atomic E-state index is 0.0776. The van der Waals surface area contributed by atoms with Crippen LogP contribution in [0.25, 0.3) is 0 Å². The Labute approximate surface area is 75.9 Å². The van der Waals surface area contributed by atoms with Crippen molar-refractivity contribution in [1.82, 2.24) is 20.6 Å². The molecule has 1 aliphatic heterocycles. The number of imidazole rings is 1. The van der Waals surface area contributed by atoms with E-state index in [4.69, 9.17) is 0 Å². The summed E-state index contributed by atoms with van der Waals surface area (Å²) in [5.41, 5.74) is 0.520. The SMILES string of the molecule is O=C(N[C@@H]1CCNC1)c1cnc[nH]1. The summed E-state index contributed by atoms with van der Waals surface area (Å²) in [6.07, 6.45) is 4.03. The van der Waals surface area contributed by atoms with Gasteiger partial charge in [0.25, 0.3) is 5.91 Å². The third kappa shape index (κ3) is 1.86. The number of carbonyl (C=O) groups excluding carboxylic acids is 1. The molecule has 0 aliphatic carbocycles. The van der Waals surface area contributed by atoms with Crippen molar-refractivity contribution in [2.24, 2.45) is 0 Å². The lowest BCUT2D eigenvalue weighted by atomic mass is 10.2. The van der Waals surface area contributed by atoms with Crippen LogP contribution in [0.5, 0.6) is 0 Å². The van der Waals surface area contributed by atoms with Gasteiger partial charge in [-0.2, -0.15) is 0 Å². The van der Waals surface area contributed by atoms with E-state index in [1.165, 1.54) is 12.5 Å². The molecule has 1 atom stereocenters. The molecule has 0 bridgehead atoms. The number of H-pyrrole nitrogens is 1. The van der Waals surface area contributed by atoms with E-state index in [-0.39, 0.29) is 11.9 Å². The second-order valence-electron chi connectivity index (χ2n) is 3.13. The van der Waals surface area contributed by atoms with Crippen LogP contribution < -0.4 is 10.6 Å². The van der Waals surface area contributed by atoms with E-state index >= 15 is 0 Å². The van der Waals surface area contributed by atoms with Gasteiger partial charge in [-0.05, 0) is 13.0 Å². The van der Waals surface area contributed by atoms with Gasteiger partial charge >= 0.3 is 0 Å². The lowest BCUT2D eigenvalue weighted by Crippen LogP contribution is -2.36. The van der Waals surface area contributed by atoms with E-state index in [0.29, 0.717) is 5.69 Å². The van der Waals surface area contributed by atoms with Gasteiger partial charge in [-0.25, -0.2) is 4.98 Å². The Hall–Kier alpha value is -1.36. The van der Waals surface area contributed by atoms with Crippen molar-refractivity contribution < 1.29 is 4.79 Å². The largest absolute Gasteiger partial charge is 0.347 e. The maximum atomic E-state index is 11.5. The number of nitrogens with one attached hydrogen (secondary N) is 3. The molecule has 0 radical (unpaired) electrons. The van der Waals surface area contributed by atoms with Gasteiger partial charge in [-0.15, -0.1) is 0 Å². The van der Waals surface area contributed by atoms with Gasteiger partial charge in [0.15, 0.2) is 0 Å². The highest BCUT2D eigenvalue weighted by atomic mass is 16.2. The fourth-order valence-corrected chi connectivity index (χ4v) is 1.42. The zero-order chi connectivity index (χ0) is 9.10. The molecular formula is C8H12N4O. The van der Waals surface area contributed by atoms with Crippen LogP contribution in [0.3, 0.4) is 0 Å². The van der Waals surface area contributed by atoms with Crippen molar-refractivity contribution in [2.45, 2.75) is 12.5 Å². The van der Waals surface area contributed by atoms with Gasteiger partial charge in [0, 0.05) is 12.6 Å². The molecule has 5 heteroatoms. The van der Waals surface area contributed by atoms with Crippen LogP contribution in [0, 0.1) is 0 Å². The molecule has 1 aromatic rings. The molecule has 13 heavy (non-hydrogen) atoms. The Bertz CT molecular complexity index is 276. The van der Waals surface area contributed by atoms with Crippen LogP contribution >= 0.6 is 0 Å². The Morgan fingerprint density at radius 3 is 3.23 bits per heavy atom. The molecule has 0 aromatic carbocycles. The molecule has 70 valence electrons. The molecule has 2 rings (SSSR count). The standard InChI is InChI=1S/C8H12N4O/c13-8(7-4-10-5-11-7)12-6-1-2-9-3-6/h4-6,9H,1-3H2,(H,10,11)(H,12,13)/t6-/m1/s1. The number of hydrogen-bond acceptors (Lipinski definition) is 3. The highest BCUT2D eigenvalue weighted by molar-refractivity contribution is 5.92. The fourth-order valence-electron chi connectivity index (χ4n) is 1.42. The Kier molecular flexibility index (Phi) is 2.27. The number of rotatable bonds is 2. The quantitative estimate of drug-likeness (QED) is 0.574. The average molecular weight is 180 g/mol. The average Bonchev–Trinajstić information content (AvgIpc) is 2.74. The third-order valence-corrected chi connectivity index (χ3v) is 2.14. The summed E-state index contributed by atoms with van der Waals surface area (Å²) < 4.78 is 0. The maximum absolute atomic E-state index is 11.5. The van der Waals surface area contributed by atoms with Crippen molar-refractivity contribution >= 4 is 5.91 Å². The number of carbonyl (C=O) groups is 1. The van der Waals surface area contributed by atoms with Crippen LogP contribution in [0.15, 0.2) is 12.5 Å². The van der Waals surface area contributed by atoms with Crippen LogP contribution in [-0.4, -0.2) is 35.0 Å². The molecule has 3 N–H and O–H groups in total. The predicted octanol–water partition coefficient (Wildman–Crippen LogP) is -0.499. The molecule has 0 unspecified atom stereocenters. The van der Waals surface area contributed by atoms with Crippen LogP contribution in [0.4, 0.5) is 0 Å². The molecule has 0 saturated carbocycles. The normalized spacial score (nSPS) is 21.7. The summed E-state index contributed by atoms with van der Waals surface area (Å²) in [6.45, 7) is 1.84. The number of aromatic amines is 1. The first-order valence-electron chi connectivity index (χ1n) is 4.36. The van der Waals surface area contributed by atoms with Crippen molar-refractivity contribution in [3.63, 3.8) is 0 Å². The van der Waals surface area contributed by atoms with E-state index in [9.17, 15) is 4.79 Å². The van der Waals surface area contributed by atoms with E-state index < -0.39 is 0 Å². The van der Waals surface area contributed by atoms with Gasteiger partial charge in [-0.3, -0.25) is 4.79 Å². The Morgan fingerprint density at radius 2 is 2.62 bits per heavy atom. The zero-order valence-corrected chi connectivity index (χ0v) is 7.21. The lowest BCUT2D eigenvalue weighted by Gasteiger charge is -2.09. The first-order chi connectivity index (χ1) is 6.36. The first-order valence-corrected chi connectivity index (χ1v) is 4.36. The summed E-state index contributed by atoms with van der Waals surface area (Å²) in [5.74, 6) is -0.0776. The molecule has 1 saturated heterocycles. The van der Waals surface area contributed by atoms with Crippen LogP contribution in [0.2, 0.25) is 0 Å². The van der Waals surface area contributed by atoms with Crippen LogP contribution in [-0.2, 0) is 0 Å². The number of nitrogens with zero attached hydrogens (tertiary/aromatic N) is 1. The summed E-state index contributed by atoms with van der Waals surface area (Å²) in [6, 6.07) is 0.260. The van der Waals surface area contributed by atoms with Gasteiger partial charge in [0.1, 0.15) is 5.69 Å². The lowest BCUT2D eigenvalue weighted by molar-refractivity contribution is 0.0935. The van der Waals surface area contributed by atoms with E-state index in [0.717, 1.165) is 19.5 Å². The molecule has 2 heterocycles. The van der Waals surface area contributed by atoms with Crippen LogP contribution in [0.1, 0.15) is 16.9 Å². The molecule has 1 aromatic heterocycles. The molecule has 0 spiro atoms. The smallest absolute Gasteiger partial charge is 0.269 e. The van der Waals surface area contributed by atoms with Crippen molar-refractivity contribution in [3.05, 3.63) is 18.2 Å². The zero-order valence-electron chi connectivity index (χ0n) is 7.21. The monoisotopic (exact) mass is 180 g/mol. The minimum Gasteiger partial charge on any atom is -0.347 e. The van der Waals surface area contributed by atoms with Gasteiger partial charge in [0.05, 0.1) is 12.5 Å². The van der Waals surface area contributed by atoms with Gasteiger partial charge in [-0.1, -0.05) is 0 Å². The van der Waals surface area contributed by atoms with Crippen molar-refractivity contribution in [2.75, 3.05) is 13.1 Å². The summed E-state index contributed by atoms with van der Waals surface area (Å²) in [7, 11) is 0. The van der Waals surface area contributed by atoms with Gasteiger partial charge < -0.3 is 15.6 Å². The predicted molar refractivity (Wildman–Crippen MR) is 47.3 cm³/mol. The van der Waals surface area contributed by atoms with E-state index in [2.05, 4.69) is 20.6 Å². The number of aromatic nitrogens is 2. The second-order valence-corrected chi connectivity index (χ2v) is 3.13. The van der Waals surface area contributed by atoms with Crippen molar-refractivity contribution in [1.29, 1.82) is 0 Å². The van der Waals surface area contributed by atoms with E-state index in [1.807, 2.05) is 0 Å². The topological polar surface area (TPSA) is 69.8 Å². The molecule has 5 nitrogen and oxygen atoms in total. The molecule has 1 aliphatic rings. The maximum Gasteiger partial charge on any atom is 0.269 e. The molecule has 1 fully saturated rings. The first kappa shape index (κ1) is 8.25. The fraction of sp³-hybridized carbons (Fsp3) is 0.500. The van der Waals surface area contributed by atoms with E-state index in [1.54, 1.807) is 0 Å². The highest BCUT2D eigenvalue weighted by Crippen LogP contribution is 1.99. The summed E-state index contributed by atoms with van der Waals surface area (Å²) in [5, 5.41) is 6.09. The highest BCUT2D eigenvalue weighted by Gasteiger charge is 2.17.